The summed E-state index contributed by atoms with van der Waals surface area (Å²) in [5.74, 6) is 1.74. The quantitative estimate of drug-likeness (QED) is 0.749. The number of hydrogen-bond donors (Lipinski definition) is 1. The van der Waals surface area contributed by atoms with E-state index >= 15 is 0 Å². The van der Waals surface area contributed by atoms with Crippen molar-refractivity contribution < 1.29 is 0 Å². The second-order valence-corrected chi connectivity index (χ2v) is 6.09. The summed E-state index contributed by atoms with van der Waals surface area (Å²) in [6.07, 6.45) is 3.95. The topological polar surface area (TPSA) is 84.7 Å². The minimum Gasteiger partial charge on any atom is -0.354 e. The zero-order valence-electron chi connectivity index (χ0n) is 13.9. The van der Waals surface area contributed by atoms with Gasteiger partial charge in [0.2, 0.25) is 0 Å². The van der Waals surface area contributed by atoms with Crippen LogP contribution in [0.4, 0.5) is 5.82 Å². The van der Waals surface area contributed by atoms with E-state index in [1.807, 2.05) is 42.5 Å². The molecule has 0 bridgehead atoms. The van der Waals surface area contributed by atoms with Crippen LogP contribution in [0.1, 0.15) is 18.7 Å². The summed E-state index contributed by atoms with van der Waals surface area (Å²) >= 11 is 0. The van der Waals surface area contributed by atoms with Crippen molar-refractivity contribution in [1.29, 1.82) is 0 Å². The highest BCUT2D eigenvalue weighted by Gasteiger charge is 2.21. The maximum absolute atomic E-state index is 4.21. The van der Waals surface area contributed by atoms with Crippen molar-refractivity contribution in [2.45, 2.75) is 25.4 Å². The molecule has 1 aromatic carbocycles. The summed E-state index contributed by atoms with van der Waals surface area (Å²) in [5, 5.41) is 23.8. The molecule has 1 aliphatic heterocycles. The summed E-state index contributed by atoms with van der Waals surface area (Å²) in [7, 11) is 0. The van der Waals surface area contributed by atoms with Crippen molar-refractivity contribution in [3.63, 3.8) is 0 Å². The second kappa shape index (κ2) is 7.35. The molecule has 1 atom stereocenters. The number of benzene rings is 1. The molecule has 8 heteroatoms. The lowest BCUT2D eigenvalue weighted by molar-refractivity contribution is 0.413. The minimum atomic E-state index is 0.372. The highest BCUT2D eigenvalue weighted by Crippen LogP contribution is 2.17. The van der Waals surface area contributed by atoms with E-state index in [9.17, 15) is 0 Å². The number of aromatic nitrogens is 6. The summed E-state index contributed by atoms with van der Waals surface area (Å²) in [6, 6.07) is 14.2. The Morgan fingerprint density at radius 1 is 1.08 bits per heavy atom. The SMILES string of the molecule is c1ccc(-n2nnnc2CNC2CCCN(c3cccnn3)C2)cc1. The molecule has 0 amide bonds. The summed E-state index contributed by atoms with van der Waals surface area (Å²) in [6.45, 7) is 2.55. The average Bonchev–Trinajstić information content (AvgIpc) is 3.17. The molecule has 2 aromatic heterocycles. The van der Waals surface area contributed by atoms with Crippen LogP contribution < -0.4 is 10.2 Å². The number of hydrogen-bond acceptors (Lipinski definition) is 7. The second-order valence-electron chi connectivity index (χ2n) is 6.09. The molecule has 128 valence electrons. The van der Waals surface area contributed by atoms with Gasteiger partial charge >= 0.3 is 0 Å². The highest BCUT2D eigenvalue weighted by molar-refractivity contribution is 5.37. The van der Waals surface area contributed by atoms with Crippen molar-refractivity contribution in [2.24, 2.45) is 0 Å². The Labute approximate surface area is 145 Å². The van der Waals surface area contributed by atoms with Crippen molar-refractivity contribution in [3.05, 3.63) is 54.5 Å². The fourth-order valence-electron chi connectivity index (χ4n) is 3.14. The van der Waals surface area contributed by atoms with E-state index in [-0.39, 0.29) is 0 Å². The molecule has 1 fully saturated rings. The Hall–Kier alpha value is -2.87. The largest absolute Gasteiger partial charge is 0.354 e. The van der Waals surface area contributed by atoms with Crippen molar-refractivity contribution >= 4 is 5.82 Å². The molecule has 8 nitrogen and oxygen atoms in total. The number of nitrogens with one attached hydrogen (secondary N) is 1. The Morgan fingerprint density at radius 3 is 2.84 bits per heavy atom. The van der Waals surface area contributed by atoms with Gasteiger partial charge in [0.1, 0.15) is 0 Å². The van der Waals surface area contributed by atoms with Crippen molar-refractivity contribution in [2.75, 3.05) is 18.0 Å². The van der Waals surface area contributed by atoms with Crippen LogP contribution in [0, 0.1) is 0 Å². The van der Waals surface area contributed by atoms with E-state index in [1.54, 1.807) is 10.9 Å². The van der Waals surface area contributed by atoms with Crippen LogP contribution in [0.2, 0.25) is 0 Å². The predicted octanol–water partition coefficient (Wildman–Crippen LogP) is 1.21. The molecule has 1 saturated heterocycles. The zero-order chi connectivity index (χ0) is 16.9. The van der Waals surface area contributed by atoms with Gasteiger partial charge in [0.25, 0.3) is 0 Å². The van der Waals surface area contributed by atoms with Gasteiger partial charge in [-0.2, -0.15) is 9.78 Å². The zero-order valence-corrected chi connectivity index (χ0v) is 13.9. The van der Waals surface area contributed by atoms with Gasteiger partial charge in [-0.1, -0.05) is 18.2 Å². The fraction of sp³-hybridized carbons (Fsp3) is 0.353. The molecule has 1 unspecified atom stereocenters. The first-order valence-electron chi connectivity index (χ1n) is 8.49. The van der Waals surface area contributed by atoms with Gasteiger partial charge in [-0.25, -0.2) is 0 Å². The van der Waals surface area contributed by atoms with E-state index in [2.05, 4.69) is 35.9 Å². The predicted molar refractivity (Wildman–Crippen MR) is 93.3 cm³/mol. The van der Waals surface area contributed by atoms with Gasteiger partial charge in [-0.15, -0.1) is 10.2 Å². The molecule has 25 heavy (non-hydrogen) atoms. The molecular formula is C17H20N8. The number of piperidine rings is 1. The van der Waals surface area contributed by atoms with Gasteiger partial charge < -0.3 is 10.2 Å². The van der Waals surface area contributed by atoms with E-state index in [0.29, 0.717) is 12.6 Å². The van der Waals surface area contributed by atoms with Gasteiger partial charge in [-0.3, -0.25) is 0 Å². The lowest BCUT2D eigenvalue weighted by Gasteiger charge is -2.33. The minimum absolute atomic E-state index is 0.372. The first-order valence-corrected chi connectivity index (χ1v) is 8.49. The van der Waals surface area contributed by atoms with E-state index < -0.39 is 0 Å². The molecular weight excluding hydrogens is 316 g/mol. The van der Waals surface area contributed by atoms with Crippen molar-refractivity contribution in [1.82, 2.24) is 35.7 Å². The van der Waals surface area contributed by atoms with Crippen LogP contribution in [-0.4, -0.2) is 49.5 Å². The number of para-hydroxylation sites is 1. The van der Waals surface area contributed by atoms with Crippen molar-refractivity contribution in [3.8, 4) is 5.69 Å². The van der Waals surface area contributed by atoms with Crippen LogP contribution in [0.25, 0.3) is 5.69 Å². The average molecular weight is 336 g/mol. The smallest absolute Gasteiger partial charge is 0.170 e. The molecule has 1 N–H and O–H groups in total. The third kappa shape index (κ3) is 3.63. The van der Waals surface area contributed by atoms with Crippen LogP contribution in [0.3, 0.4) is 0 Å². The van der Waals surface area contributed by atoms with Crippen LogP contribution >= 0.6 is 0 Å². The Bertz CT molecular complexity index is 789. The Balaban J connectivity index is 1.40. The summed E-state index contributed by atoms with van der Waals surface area (Å²) < 4.78 is 1.77. The molecule has 3 heterocycles. The number of anilines is 1. The molecule has 4 rings (SSSR count). The van der Waals surface area contributed by atoms with Gasteiger partial charge in [-0.05, 0) is 47.5 Å². The van der Waals surface area contributed by atoms with Crippen LogP contribution in [0.5, 0.6) is 0 Å². The van der Waals surface area contributed by atoms with Crippen LogP contribution in [-0.2, 0) is 6.54 Å². The first-order chi connectivity index (χ1) is 12.4. The molecule has 0 saturated carbocycles. The number of rotatable bonds is 5. The fourth-order valence-corrected chi connectivity index (χ4v) is 3.14. The lowest BCUT2D eigenvalue weighted by atomic mass is 10.1. The Morgan fingerprint density at radius 2 is 2.00 bits per heavy atom. The number of nitrogens with zero attached hydrogens (tertiary/aromatic N) is 7. The molecule has 0 radical (unpaired) electrons. The first kappa shape index (κ1) is 15.6. The third-order valence-electron chi connectivity index (χ3n) is 4.39. The molecule has 3 aromatic rings. The molecule has 0 aliphatic carbocycles. The maximum Gasteiger partial charge on any atom is 0.170 e. The standard InChI is InChI=1S/C17H20N8/c1-2-7-15(8-3-1)25-17(21-22-23-25)12-18-14-6-5-11-24(13-14)16-9-4-10-19-20-16/h1-4,7-10,14,18H,5-6,11-13H2. The lowest BCUT2D eigenvalue weighted by Crippen LogP contribution is -2.46. The third-order valence-corrected chi connectivity index (χ3v) is 4.39. The van der Waals surface area contributed by atoms with Crippen LogP contribution in [0.15, 0.2) is 48.7 Å². The van der Waals surface area contributed by atoms with E-state index in [0.717, 1.165) is 43.3 Å². The van der Waals surface area contributed by atoms with Gasteiger partial charge in [0.15, 0.2) is 11.6 Å². The van der Waals surface area contributed by atoms with E-state index in [4.69, 9.17) is 0 Å². The van der Waals surface area contributed by atoms with Gasteiger partial charge in [0, 0.05) is 25.3 Å². The maximum atomic E-state index is 4.21. The number of tetrazole rings is 1. The van der Waals surface area contributed by atoms with Gasteiger partial charge in [0.05, 0.1) is 12.2 Å². The summed E-state index contributed by atoms with van der Waals surface area (Å²) in [4.78, 5) is 2.27. The normalized spacial score (nSPS) is 17.6. The monoisotopic (exact) mass is 336 g/mol. The molecule has 0 spiro atoms. The molecule has 1 aliphatic rings. The summed E-state index contributed by atoms with van der Waals surface area (Å²) in [5.41, 5.74) is 0.967. The highest BCUT2D eigenvalue weighted by atomic mass is 15.5. The Kier molecular flexibility index (Phi) is 4.60. The van der Waals surface area contributed by atoms with E-state index in [1.165, 1.54) is 0 Å².